The van der Waals surface area contributed by atoms with E-state index in [1.165, 1.54) is 0 Å². The molecule has 0 aliphatic carbocycles. The van der Waals surface area contributed by atoms with Crippen molar-refractivity contribution in [1.82, 2.24) is 4.90 Å². The summed E-state index contributed by atoms with van der Waals surface area (Å²) < 4.78 is 71.1. The van der Waals surface area contributed by atoms with Crippen LogP contribution < -0.4 is 9.08 Å². The molecule has 0 saturated heterocycles. The molecule has 2 aromatic rings. The van der Waals surface area contributed by atoms with Crippen LogP contribution in [0.15, 0.2) is 47.4 Å². The predicted octanol–water partition coefficient (Wildman–Crippen LogP) is 6.10. The van der Waals surface area contributed by atoms with E-state index in [-0.39, 0.29) is 30.2 Å². The highest BCUT2D eigenvalue weighted by Crippen LogP contribution is 2.33. The van der Waals surface area contributed by atoms with Gasteiger partial charge >= 0.3 is 16.3 Å². The molecule has 0 N–H and O–H groups in total. The Kier molecular flexibility index (Phi) is 9.82. The number of halogens is 3. The van der Waals surface area contributed by atoms with Gasteiger partial charge in [-0.05, 0) is 57.9 Å². The van der Waals surface area contributed by atoms with Gasteiger partial charge in [-0.25, -0.2) is 0 Å². The lowest BCUT2D eigenvalue weighted by Gasteiger charge is -2.29. The maximum atomic E-state index is 13.2. The van der Waals surface area contributed by atoms with E-state index < -0.39 is 26.8 Å². The first-order chi connectivity index (χ1) is 16.7. The van der Waals surface area contributed by atoms with Gasteiger partial charge in [0.05, 0.1) is 5.56 Å². The molecule has 0 radical (unpaired) electrons. The number of amides is 1. The summed E-state index contributed by atoms with van der Waals surface area (Å²) in [6, 6.07) is 8.34. The molecule has 0 fully saturated rings. The zero-order valence-electron chi connectivity index (χ0n) is 21.6. The molecule has 0 atom stereocenters. The summed E-state index contributed by atoms with van der Waals surface area (Å²) in [7, 11) is -4.59. The minimum absolute atomic E-state index is 0.0280. The van der Waals surface area contributed by atoms with Crippen molar-refractivity contribution in [2.75, 3.05) is 18.0 Å². The lowest BCUT2D eigenvalue weighted by Crippen LogP contribution is -2.37. The Morgan fingerprint density at radius 2 is 1.64 bits per heavy atom. The van der Waals surface area contributed by atoms with Gasteiger partial charge in [0.15, 0.2) is 0 Å². The first kappa shape index (κ1) is 29.5. The van der Waals surface area contributed by atoms with Crippen molar-refractivity contribution in [2.45, 2.75) is 71.6 Å². The average molecular weight is 529 g/mol. The minimum atomic E-state index is -4.70. The maximum absolute atomic E-state index is 13.2. The summed E-state index contributed by atoms with van der Waals surface area (Å²) in [5, 5.41) is 0. The van der Waals surface area contributed by atoms with Crippen LogP contribution in [0.4, 0.5) is 18.9 Å². The standard InChI is InChI=1S/C26H35F3N2O4S/c1-7-30(8-2)22-13-12-20(17-31(19(5)6)25(32)14-18(3)4)24(16-22)35-36(33,34)23-11-9-10-21(15-23)26(27,28)29/h9-13,15-16,18-19H,7-8,14,17H2,1-6H3. The molecule has 2 aromatic carbocycles. The minimum Gasteiger partial charge on any atom is -0.379 e. The van der Waals surface area contributed by atoms with Crippen LogP contribution >= 0.6 is 0 Å². The van der Waals surface area contributed by atoms with Gasteiger partial charge in [0.1, 0.15) is 10.6 Å². The molecule has 10 heteroatoms. The van der Waals surface area contributed by atoms with Crippen molar-refractivity contribution in [2.24, 2.45) is 5.92 Å². The topological polar surface area (TPSA) is 66.9 Å². The number of carbonyl (C=O) groups is 1. The molecule has 0 unspecified atom stereocenters. The average Bonchev–Trinajstić information content (AvgIpc) is 2.77. The van der Waals surface area contributed by atoms with E-state index in [1.54, 1.807) is 17.0 Å². The Hall–Kier alpha value is -2.75. The normalized spacial score (nSPS) is 12.2. The lowest BCUT2D eigenvalue weighted by molar-refractivity contribution is -0.137. The van der Waals surface area contributed by atoms with Crippen molar-refractivity contribution in [3.63, 3.8) is 0 Å². The third-order valence-electron chi connectivity index (χ3n) is 5.70. The summed E-state index contributed by atoms with van der Waals surface area (Å²) in [5.74, 6) is 0.0279. The largest absolute Gasteiger partial charge is 0.416 e. The monoisotopic (exact) mass is 528 g/mol. The molecular formula is C26H35F3N2O4S. The number of hydrogen-bond donors (Lipinski definition) is 0. The molecule has 0 aliphatic heterocycles. The molecule has 6 nitrogen and oxygen atoms in total. The van der Waals surface area contributed by atoms with Gasteiger partial charge in [-0.15, -0.1) is 0 Å². The number of rotatable bonds is 11. The van der Waals surface area contributed by atoms with E-state index in [2.05, 4.69) is 0 Å². The Morgan fingerprint density at radius 1 is 1.00 bits per heavy atom. The second-order valence-electron chi connectivity index (χ2n) is 9.24. The number of nitrogens with zero attached hydrogens (tertiary/aromatic N) is 2. The van der Waals surface area contributed by atoms with Crippen molar-refractivity contribution < 1.29 is 30.6 Å². The Morgan fingerprint density at radius 3 is 2.17 bits per heavy atom. The summed E-state index contributed by atoms with van der Waals surface area (Å²) in [5.41, 5.74) is 0.0458. The first-order valence-corrected chi connectivity index (χ1v) is 13.4. The van der Waals surface area contributed by atoms with Crippen molar-refractivity contribution in [1.29, 1.82) is 0 Å². The van der Waals surface area contributed by atoms with E-state index in [0.29, 0.717) is 36.8 Å². The molecule has 0 saturated carbocycles. The highest BCUT2D eigenvalue weighted by atomic mass is 32.2. The van der Waals surface area contributed by atoms with Crippen LogP contribution in [0.2, 0.25) is 0 Å². The Bertz CT molecular complexity index is 1140. The van der Waals surface area contributed by atoms with Gasteiger partial charge < -0.3 is 14.0 Å². The van der Waals surface area contributed by atoms with Crippen molar-refractivity contribution in [3.8, 4) is 5.75 Å². The third kappa shape index (κ3) is 7.62. The van der Waals surface area contributed by atoms with Crippen LogP contribution in [0.5, 0.6) is 5.75 Å². The van der Waals surface area contributed by atoms with Crippen LogP contribution in [0, 0.1) is 5.92 Å². The summed E-state index contributed by atoms with van der Waals surface area (Å²) in [6.45, 7) is 12.9. The fourth-order valence-electron chi connectivity index (χ4n) is 3.74. The van der Waals surface area contributed by atoms with Gasteiger partial charge in [0, 0.05) is 49.4 Å². The van der Waals surface area contributed by atoms with Gasteiger partial charge in [-0.1, -0.05) is 26.0 Å². The maximum Gasteiger partial charge on any atom is 0.416 e. The molecule has 0 spiro atoms. The molecular weight excluding hydrogens is 493 g/mol. The van der Waals surface area contributed by atoms with Gasteiger partial charge in [0.25, 0.3) is 0 Å². The molecule has 36 heavy (non-hydrogen) atoms. The summed E-state index contributed by atoms with van der Waals surface area (Å²) in [4.78, 5) is 15.9. The van der Waals surface area contributed by atoms with E-state index in [1.807, 2.05) is 52.5 Å². The number of benzene rings is 2. The van der Waals surface area contributed by atoms with Gasteiger partial charge in [-0.3, -0.25) is 4.79 Å². The summed E-state index contributed by atoms with van der Waals surface area (Å²) in [6.07, 6.45) is -4.37. The number of carbonyl (C=O) groups excluding carboxylic acids is 1. The first-order valence-electron chi connectivity index (χ1n) is 12.0. The zero-order valence-corrected chi connectivity index (χ0v) is 22.4. The van der Waals surface area contributed by atoms with Gasteiger partial charge in [-0.2, -0.15) is 21.6 Å². The van der Waals surface area contributed by atoms with Crippen LogP contribution in [0.3, 0.4) is 0 Å². The van der Waals surface area contributed by atoms with Crippen molar-refractivity contribution >= 4 is 21.7 Å². The molecule has 1 amide bonds. The fourth-order valence-corrected chi connectivity index (χ4v) is 4.74. The Balaban J connectivity index is 2.55. The quantitative estimate of drug-likeness (QED) is 0.330. The number of alkyl halides is 3. The Labute approximate surface area is 212 Å². The highest BCUT2D eigenvalue weighted by Gasteiger charge is 2.32. The predicted molar refractivity (Wildman–Crippen MR) is 134 cm³/mol. The SMILES string of the molecule is CCN(CC)c1ccc(CN(C(=O)CC(C)C)C(C)C)c(OS(=O)(=O)c2cccc(C(F)(F)F)c2)c1. The molecule has 0 heterocycles. The number of anilines is 1. The zero-order chi connectivity index (χ0) is 27.3. The van der Waals surface area contributed by atoms with E-state index >= 15 is 0 Å². The smallest absolute Gasteiger partial charge is 0.379 e. The number of hydrogen-bond acceptors (Lipinski definition) is 5. The van der Waals surface area contributed by atoms with Crippen LogP contribution in [0.25, 0.3) is 0 Å². The second-order valence-corrected chi connectivity index (χ2v) is 10.8. The lowest BCUT2D eigenvalue weighted by atomic mass is 10.1. The summed E-state index contributed by atoms with van der Waals surface area (Å²) >= 11 is 0. The molecule has 0 aromatic heterocycles. The second kappa shape index (κ2) is 12.0. The molecule has 0 aliphatic rings. The van der Waals surface area contributed by atoms with Crippen molar-refractivity contribution in [3.05, 3.63) is 53.6 Å². The molecule has 200 valence electrons. The van der Waals surface area contributed by atoms with E-state index in [0.717, 1.165) is 18.2 Å². The molecule has 0 bridgehead atoms. The van der Waals surface area contributed by atoms with E-state index in [4.69, 9.17) is 4.18 Å². The van der Waals surface area contributed by atoms with Crippen LogP contribution in [-0.4, -0.2) is 38.4 Å². The van der Waals surface area contributed by atoms with E-state index in [9.17, 15) is 26.4 Å². The van der Waals surface area contributed by atoms with Gasteiger partial charge in [0.2, 0.25) is 5.91 Å². The fraction of sp³-hybridized carbons (Fsp3) is 0.500. The van der Waals surface area contributed by atoms with Crippen LogP contribution in [0.1, 0.15) is 59.1 Å². The highest BCUT2D eigenvalue weighted by molar-refractivity contribution is 7.87. The molecule has 2 rings (SSSR count). The van der Waals surface area contributed by atoms with Crippen LogP contribution in [-0.2, 0) is 27.6 Å². The third-order valence-corrected chi connectivity index (χ3v) is 6.93.